The second-order valence-corrected chi connectivity index (χ2v) is 4.88. The third-order valence-electron chi connectivity index (χ3n) is 3.20. The maximum Gasteiger partial charge on any atom is 0.387 e. The number of hydrogen-bond acceptors (Lipinski definition) is 3. The lowest BCUT2D eigenvalue weighted by Crippen LogP contribution is -2.51. The normalized spacial score (nSPS) is 15.6. The van der Waals surface area contributed by atoms with Crippen LogP contribution in [0.1, 0.15) is 38.8 Å². The predicted molar refractivity (Wildman–Crippen MR) is 72.5 cm³/mol. The standard InChI is InChI=1S/C14H20F2N2O2/c1-4-14(3,17)12(19)18-9(2)10-7-5-6-8-11(10)20-13(15)16/h5-9,13H,4,17H2,1-3H3,(H,18,19). The Hall–Kier alpha value is -1.69. The summed E-state index contributed by atoms with van der Waals surface area (Å²) in [5, 5.41) is 2.71. The molecule has 0 aliphatic heterocycles. The van der Waals surface area contributed by atoms with E-state index in [9.17, 15) is 13.6 Å². The number of para-hydroxylation sites is 1. The second-order valence-electron chi connectivity index (χ2n) is 4.88. The van der Waals surface area contributed by atoms with Crippen molar-refractivity contribution >= 4 is 5.91 Å². The summed E-state index contributed by atoms with van der Waals surface area (Å²) >= 11 is 0. The Morgan fingerprint density at radius 2 is 2.05 bits per heavy atom. The van der Waals surface area contributed by atoms with Crippen LogP contribution < -0.4 is 15.8 Å². The minimum atomic E-state index is -2.91. The summed E-state index contributed by atoms with van der Waals surface area (Å²) in [5.41, 5.74) is 5.33. The smallest absolute Gasteiger partial charge is 0.387 e. The second kappa shape index (κ2) is 6.65. The highest BCUT2D eigenvalue weighted by Crippen LogP contribution is 2.26. The Balaban J connectivity index is 2.87. The van der Waals surface area contributed by atoms with E-state index in [4.69, 9.17) is 5.73 Å². The van der Waals surface area contributed by atoms with Crippen molar-refractivity contribution < 1.29 is 18.3 Å². The highest BCUT2D eigenvalue weighted by atomic mass is 19.3. The quantitative estimate of drug-likeness (QED) is 0.845. The summed E-state index contributed by atoms with van der Waals surface area (Å²) in [5.74, 6) is -0.287. The Labute approximate surface area is 117 Å². The van der Waals surface area contributed by atoms with Gasteiger partial charge in [-0.2, -0.15) is 8.78 Å². The van der Waals surface area contributed by atoms with Crippen LogP contribution in [0.25, 0.3) is 0 Å². The van der Waals surface area contributed by atoms with E-state index in [1.54, 1.807) is 39.0 Å². The van der Waals surface area contributed by atoms with Crippen LogP contribution in [0.2, 0.25) is 0 Å². The van der Waals surface area contributed by atoms with Crippen molar-refractivity contribution in [1.82, 2.24) is 5.32 Å². The van der Waals surface area contributed by atoms with Gasteiger partial charge in [0.25, 0.3) is 0 Å². The molecule has 0 aromatic heterocycles. The van der Waals surface area contributed by atoms with Crippen molar-refractivity contribution in [2.75, 3.05) is 0 Å². The van der Waals surface area contributed by atoms with Gasteiger partial charge in [-0.3, -0.25) is 4.79 Å². The van der Waals surface area contributed by atoms with Gasteiger partial charge in [-0.05, 0) is 26.3 Å². The van der Waals surface area contributed by atoms with E-state index in [0.717, 1.165) is 0 Å². The molecule has 4 nitrogen and oxygen atoms in total. The van der Waals surface area contributed by atoms with Gasteiger partial charge < -0.3 is 15.8 Å². The van der Waals surface area contributed by atoms with Gasteiger partial charge in [0.05, 0.1) is 11.6 Å². The molecule has 1 aromatic carbocycles. The van der Waals surface area contributed by atoms with Gasteiger partial charge in [0.2, 0.25) is 5.91 Å². The minimum Gasteiger partial charge on any atom is -0.434 e. The zero-order valence-corrected chi connectivity index (χ0v) is 11.8. The number of carbonyl (C=O) groups excluding carboxylic acids is 1. The fourth-order valence-corrected chi connectivity index (χ4v) is 1.64. The molecule has 1 rings (SSSR count). The molecule has 0 heterocycles. The highest BCUT2D eigenvalue weighted by molar-refractivity contribution is 5.85. The Bertz CT molecular complexity index is 464. The first-order chi connectivity index (χ1) is 9.27. The van der Waals surface area contributed by atoms with Gasteiger partial charge in [-0.15, -0.1) is 0 Å². The molecule has 3 N–H and O–H groups in total. The van der Waals surface area contributed by atoms with E-state index in [2.05, 4.69) is 10.1 Å². The lowest BCUT2D eigenvalue weighted by molar-refractivity contribution is -0.126. The van der Waals surface area contributed by atoms with Gasteiger partial charge in [-0.25, -0.2) is 0 Å². The maximum absolute atomic E-state index is 12.3. The van der Waals surface area contributed by atoms with Gasteiger partial charge in [0.15, 0.2) is 0 Å². The van der Waals surface area contributed by atoms with Crippen molar-refractivity contribution in [2.24, 2.45) is 5.73 Å². The number of nitrogens with one attached hydrogen (secondary N) is 1. The van der Waals surface area contributed by atoms with E-state index < -0.39 is 18.2 Å². The van der Waals surface area contributed by atoms with Gasteiger partial charge in [-0.1, -0.05) is 25.1 Å². The molecule has 0 fully saturated rings. The zero-order chi connectivity index (χ0) is 15.3. The summed E-state index contributed by atoms with van der Waals surface area (Å²) in [6.45, 7) is 2.21. The van der Waals surface area contributed by atoms with E-state index in [0.29, 0.717) is 12.0 Å². The van der Waals surface area contributed by atoms with Gasteiger partial charge >= 0.3 is 6.61 Å². The van der Waals surface area contributed by atoms with Crippen LogP contribution in [0.4, 0.5) is 8.78 Å². The van der Waals surface area contributed by atoms with Crippen LogP contribution in [-0.2, 0) is 4.79 Å². The maximum atomic E-state index is 12.3. The first-order valence-electron chi connectivity index (χ1n) is 6.41. The largest absolute Gasteiger partial charge is 0.434 e. The monoisotopic (exact) mass is 286 g/mol. The molecule has 20 heavy (non-hydrogen) atoms. The van der Waals surface area contributed by atoms with Crippen LogP contribution in [0, 0.1) is 0 Å². The summed E-state index contributed by atoms with van der Waals surface area (Å²) in [6.07, 6.45) is 0.473. The molecule has 0 radical (unpaired) electrons. The van der Waals surface area contributed by atoms with E-state index in [1.807, 2.05) is 0 Å². The third kappa shape index (κ3) is 4.16. The Morgan fingerprint density at radius 1 is 1.45 bits per heavy atom. The average Bonchev–Trinajstić information content (AvgIpc) is 2.38. The van der Waals surface area contributed by atoms with Crippen LogP contribution in [0.5, 0.6) is 5.75 Å². The molecular weight excluding hydrogens is 266 g/mol. The fraction of sp³-hybridized carbons (Fsp3) is 0.500. The number of hydrogen-bond donors (Lipinski definition) is 2. The molecule has 0 aliphatic rings. The summed E-state index contributed by atoms with van der Waals surface area (Å²) in [4.78, 5) is 12.0. The van der Waals surface area contributed by atoms with Crippen molar-refractivity contribution in [2.45, 2.75) is 45.4 Å². The number of ether oxygens (including phenoxy) is 1. The van der Waals surface area contributed by atoms with E-state index in [-0.39, 0.29) is 11.7 Å². The molecule has 6 heteroatoms. The number of halogens is 2. The topological polar surface area (TPSA) is 64.4 Å². The number of amides is 1. The van der Waals surface area contributed by atoms with E-state index in [1.165, 1.54) is 6.07 Å². The third-order valence-corrected chi connectivity index (χ3v) is 3.20. The summed E-state index contributed by atoms with van der Waals surface area (Å²) in [6, 6.07) is 5.87. The van der Waals surface area contributed by atoms with Crippen LogP contribution >= 0.6 is 0 Å². The lowest BCUT2D eigenvalue weighted by Gasteiger charge is -2.25. The molecule has 2 unspecified atom stereocenters. The molecule has 0 saturated heterocycles. The molecule has 1 aromatic rings. The Morgan fingerprint density at radius 3 is 2.60 bits per heavy atom. The number of nitrogens with two attached hydrogens (primary N) is 1. The van der Waals surface area contributed by atoms with Crippen molar-refractivity contribution in [3.63, 3.8) is 0 Å². The SMILES string of the molecule is CCC(C)(N)C(=O)NC(C)c1ccccc1OC(F)F. The van der Waals surface area contributed by atoms with Gasteiger partial charge in [0.1, 0.15) is 5.75 Å². The van der Waals surface area contributed by atoms with Crippen molar-refractivity contribution in [3.8, 4) is 5.75 Å². The van der Waals surface area contributed by atoms with Gasteiger partial charge in [0, 0.05) is 5.56 Å². The number of carbonyl (C=O) groups is 1. The molecule has 0 saturated carbocycles. The van der Waals surface area contributed by atoms with Crippen LogP contribution in [0.3, 0.4) is 0 Å². The molecule has 2 atom stereocenters. The Kier molecular flexibility index (Phi) is 5.44. The van der Waals surface area contributed by atoms with Crippen molar-refractivity contribution in [3.05, 3.63) is 29.8 Å². The molecular formula is C14H20F2N2O2. The fourth-order valence-electron chi connectivity index (χ4n) is 1.64. The number of alkyl halides is 2. The molecule has 0 bridgehead atoms. The van der Waals surface area contributed by atoms with Crippen LogP contribution in [0.15, 0.2) is 24.3 Å². The lowest BCUT2D eigenvalue weighted by atomic mass is 9.98. The summed E-state index contributed by atoms with van der Waals surface area (Å²) < 4.78 is 29.1. The molecule has 1 amide bonds. The first-order valence-corrected chi connectivity index (χ1v) is 6.41. The summed E-state index contributed by atoms with van der Waals surface area (Å²) in [7, 11) is 0. The molecule has 0 aliphatic carbocycles. The minimum absolute atomic E-state index is 0.0468. The number of benzene rings is 1. The zero-order valence-electron chi connectivity index (χ0n) is 11.8. The highest BCUT2D eigenvalue weighted by Gasteiger charge is 2.28. The van der Waals surface area contributed by atoms with E-state index >= 15 is 0 Å². The average molecular weight is 286 g/mol. The van der Waals surface area contributed by atoms with Crippen LogP contribution in [-0.4, -0.2) is 18.1 Å². The number of rotatable bonds is 6. The predicted octanol–water partition coefficient (Wildman–Crippen LogP) is 2.59. The molecule has 112 valence electrons. The first kappa shape index (κ1) is 16.4. The van der Waals surface area contributed by atoms with Crippen molar-refractivity contribution in [1.29, 1.82) is 0 Å². The molecule has 0 spiro atoms.